The van der Waals surface area contributed by atoms with Crippen molar-refractivity contribution in [3.8, 4) is 0 Å². The second-order valence-corrected chi connectivity index (χ2v) is 10.0. The highest BCUT2D eigenvalue weighted by Crippen LogP contribution is 2.24. The van der Waals surface area contributed by atoms with Gasteiger partial charge < -0.3 is 20.1 Å². The maximum Gasteiger partial charge on any atom is 0.229 e. The number of benzene rings is 1. The first-order valence-corrected chi connectivity index (χ1v) is 12.8. The Morgan fingerprint density at radius 1 is 1.24 bits per heavy atom. The van der Waals surface area contributed by atoms with Crippen molar-refractivity contribution in [3.05, 3.63) is 66.6 Å². The molecule has 1 atom stereocenters. The topological polar surface area (TPSA) is 85.4 Å². The molecule has 1 heterocycles. The monoisotopic (exact) mass is 470 g/mol. The predicted molar refractivity (Wildman–Crippen MR) is 140 cm³/mol. The van der Waals surface area contributed by atoms with Gasteiger partial charge in [-0.2, -0.15) is 4.98 Å². The van der Waals surface area contributed by atoms with Gasteiger partial charge in [0, 0.05) is 48.7 Å². The maximum absolute atomic E-state index is 12.1. The molecule has 0 saturated heterocycles. The van der Waals surface area contributed by atoms with E-state index >= 15 is 0 Å². The van der Waals surface area contributed by atoms with Crippen molar-refractivity contribution >= 4 is 38.4 Å². The van der Waals surface area contributed by atoms with Gasteiger partial charge in [0.05, 0.1) is 12.4 Å². The van der Waals surface area contributed by atoms with Crippen LogP contribution in [0.2, 0.25) is 0 Å². The van der Waals surface area contributed by atoms with Crippen LogP contribution in [0.4, 0.5) is 17.5 Å². The minimum atomic E-state index is -2.25. The number of nitrogens with one attached hydrogen (secondary N) is 2. The zero-order valence-corrected chi connectivity index (χ0v) is 20.7. The van der Waals surface area contributed by atoms with Gasteiger partial charge >= 0.3 is 0 Å². The van der Waals surface area contributed by atoms with Crippen LogP contribution in [0.1, 0.15) is 25.8 Å². The number of aromatic nitrogens is 2. The van der Waals surface area contributed by atoms with E-state index in [9.17, 15) is 4.21 Å². The highest BCUT2D eigenvalue weighted by atomic mass is 32.2. The van der Waals surface area contributed by atoms with Crippen LogP contribution in [0.3, 0.4) is 0 Å². The first-order chi connectivity index (χ1) is 15.7. The molecule has 0 aliphatic carbocycles. The lowest BCUT2D eigenvalue weighted by molar-refractivity contribution is 0.107. The molecular formula is C25H34N4O3S. The summed E-state index contributed by atoms with van der Waals surface area (Å²) < 4.78 is 22.6. The third-order valence-corrected chi connectivity index (χ3v) is 5.92. The van der Waals surface area contributed by atoms with E-state index in [1.54, 1.807) is 31.7 Å². The summed E-state index contributed by atoms with van der Waals surface area (Å²) in [5.41, 5.74) is 2.74. The molecule has 0 amide bonds. The fraction of sp³-hybridized carbons (Fsp3) is 0.320. The van der Waals surface area contributed by atoms with Gasteiger partial charge in [0.15, 0.2) is 0 Å². The number of methoxy groups -OCH3 is 1. The van der Waals surface area contributed by atoms with E-state index in [0.717, 1.165) is 16.8 Å². The van der Waals surface area contributed by atoms with E-state index in [2.05, 4.69) is 33.1 Å². The number of allylic oxidation sites excluding steroid dienone is 4. The van der Waals surface area contributed by atoms with Gasteiger partial charge in [-0.25, -0.2) is 4.98 Å². The van der Waals surface area contributed by atoms with Crippen LogP contribution in [-0.4, -0.2) is 53.2 Å². The van der Waals surface area contributed by atoms with Crippen molar-refractivity contribution < 1.29 is 13.7 Å². The molecule has 7 nitrogen and oxygen atoms in total. The van der Waals surface area contributed by atoms with E-state index in [1.807, 2.05) is 44.2 Å². The predicted octanol–water partition coefficient (Wildman–Crippen LogP) is 4.88. The summed E-state index contributed by atoms with van der Waals surface area (Å²) in [5.74, 6) is 5.57. The zero-order chi connectivity index (χ0) is 24.3. The number of hydrogen-bond donors (Lipinski definition) is 2. The van der Waals surface area contributed by atoms with Crippen LogP contribution in [-0.2, 0) is 19.0 Å². The van der Waals surface area contributed by atoms with Crippen molar-refractivity contribution in [2.75, 3.05) is 43.8 Å². The minimum Gasteiger partial charge on any atom is -0.496 e. The number of hydrogen-bond acceptors (Lipinski definition) is 7. The van der Waals surface area contributed by atoms with Crippen LogP contribution < -0.4 is 10.6 Å². The number of rotatable bonds is 13. The van der Waals surface area contributed by atoms with Gasteiger partial charge in [0.25, 0.3) is 0 Å². The lowest BCUT2D eigenvalue weighted by Gasteiger charge is -2.14. The SMILES string of the molecule is C=C(CCNc1nc(Nc2ccc(S(=C)(C)=O)cc2)ncc1/C(C)=C/C=C\C)OCCOC. The number of nitrogens with zero attached hydrogens (tertiary/aromatic N) is 2. The van der Waals surface area contributed by atoms with Crippen molar-refractivity contribution in [2.24, 2.45) is 0 Å². The summed E-state index contributed by atoms with van der Waals surface area (Å²) in [6.07, 6.45) is 10.0. The summed E-state index contributed by atoms with van der Waals surface area (Å²) in [6.45, 7) is 9.54. The van der Waals surface area contributed by atoms with E-state index < -0.39 is 9.52 Å². The molecule has 8 heteroatoms. The Labute approximate surface area is 197 Å². The van der Waals surface area contributed by atoms with E-state index in [-0.39, 0.29) is 0 Å². The van der Waals surface area contributed by atoms with Crippen LogP contribution in [0.5, 0.6) is 0 Å². The average molecular weight is 471 g/mol. The zero-order valence-electron chi connectivity index (χ0n) is 19.9. The third kappa shape index (κ3) is 8.75. The highest BCUT2D eigenvalue weighted by molar-refractivity contribution is 7.99. The first kappa shape index (κ1) is 26.2. The lowest BCUT2D eigenvalue weighted by Crippen LogP contribution is -2.10. The second-order valence-electron chi connectivity index (χ2n) is 7.54. The molecule has 0 fully saturated rings. The second kappa shape index (κ2) is 12.8. The molecule has 0 radical (unpaired) electrons. The molecule has 0 aliphatic rings. The Hall–Kier alpha value is -3.10. The number of ether oxygens (including phenoxy) is 2. The van der Waals surface area contributed by atoms with Crippen LogP contribution in [0.15, 0.2) is 65.9 Å². The van der Waals surface area contributed by atoms with Crippen LogP contribution in [0.25, 0.3) is 5.57 Å². The Kier molecular flexibility index (Phi) is 10.2. The Morgan fingerprint density at radius 3 is 2.61 bits per heavy atom. The molecule has 178 valence electrons. The fourth-order valence-electron chi connectivity index (χ4n) is 2.81. The minimum absolute atomic E-state index is 0.454. The molecule has 33 heavy (non-hydrogen) atoms. The quantitative estimate of drug-likeness (QED) is 0.187. The first-order valence-electron chi connectivity index (χ1n) is 10.6. The van der Waals surface area contributed by atoms with E-state index in [4.69, 9.17) is 9.47 Å². The normalized spacial score (nSPS) is 13.5. The molecule has 0 spiro atoms. The third-order valence-electron chi connectivity index (χ3n) is 4.65. The Morgan fingerprint density at radius 2 is 1.97 bits per heavy atom. The Balaban J connectivity index is 2.18. The van der Waals surface area contributed by atoms with Crippen molar-refractivity contribution in [1.82, 2.24) is 9.97 Å². The molecule has 2 rings (SSSR count). The average Bonchev–Trinajstić information content (AvgIpc) is 2.77. The van der Waals surface area contributed by atoms with Crippen LogP contribution in [0, 0.1) is 0 Å². The molecule has 1 aromatic carbocycles. The summed E-state index contributed by atoms with van der Waals surface area (Å²) in [4.78, 5) is 9.86. The van der Waals surface area contributed by atoms with Crippen molar-refractivity contribution in [2.45, 2.75) is 25.2 Å². The number of anilines is 3. The molecule has 2 N–H and O–H groups in total. The lowest BCUT2D eigenvalue weighted by atomic mass is 10.1. The van der Waals surface area contributed by atoms with Gasteiger partial charge in [-0.05, 0) is 59.1 Å². The summed E-state index contributed by atoms with van der Waals surface area (Å²) >= 11 is 0. The molecule has 1 unspecified atom stereocenters. The van der Waals surface area contributed by atoms with Crippen molar-refractivity contribution in [1.29, 1.82) is 0 Å². The maximum atomic E-state index is 12.1. The Bertz CT molecular complexity index is 1090. The van der Waals surface area contributed by atoms with Gasteiger partial charge in [-0.15, -0.1) is 0 Å². The van der Waals surface area contributed by atoms with Gasteiger partial charge in [0.2, 0.25) is 5.95 Å². The molecular weight excluding hydrogens is 436 g/mol. The summed E-state index contributed by atoms with van der Waals surface area (Å²) in [6, 6.07) is 7.27. The molecule has 1 aromatic heterocycles. The standard InChI is InChI=1S/C25H34N4O3S/c1-7-8-9-19(2)23-18-27-25(28-21-10-12-22(13-11-21)33(5,6)30)29-24(23)26-15-14-20(3)32-17-16-31-4/h7-13,18H,3,5,14-17H2,1-2,4,6H3,(H2,26,27,28,29)/b8-7-,19-9+. The van der Waals surface area contributed by atoms with Gasteiger partial charge in [0.1, 0.15) is 12.4 Å². The fourth-order valence-corrected chi connectivity index (χ4v) is 3.52. The largest absolute Gasteiger partial charge is 0.496 e. The molecule has 2 aromatic rings. The van der Waals surface area contributed by atoms with E-state index in [0.29, 0.717) is 48.6 Å². The molecule has 0 saturated carbocycles. The summed E-state index contributed by atoms with van der Waals surface area (Å²) in [5, 5.41) is 6.57. The smallest absolute Gasteiger partial charge is 0.229 e. The van der Waals surface area contributed by atoms with Gasteiger partial charge in [-0.1, -0.05) is 24.8 Å². The summed E-state index contributed by atoms with van der Waals surface area (Å²) in [7, 11) is -0.616. The molecule has 0 bridgehead atoms. The molecule has 0 aliphatic heterocycles. The van der Waals surface area contributed by atoms with Gasteiger partial charge in [-0.3, -0.25) is 4.21 Å². The highest BCUT2D eigenvalue weighted by Gasteiger charge is 2.10. The van der Waals surface area contributed by atoms with Crippen molar-refractivity contribution in [3.63, 3.8) is 0 Å². The van der Waals surface area contributed by atoms with E-state index in [1.165, 1.54) is 0 Å². The van der Waals surface area contributed by atoms with Crippen LogP contribution >= 0.6 is 0 Å².